The first-order chi connectivity index (χ1) is 13.1. The van der Waals surface area contributed by atoms with Gasteiger partial charge in [0.05, 0.1) is 13.2 Å². The molecule has 136 valence electrons. The van der Waals surface area contributed by atoms with Gasteiger partial charge in [-0.15, -0.1) is 0 Å². The average molecular weight is 363 g/mol. The SMILES string of the molecule is Cc1ccccc1-c1nc2ccc(NC3=CC(=O)N(CCO)C3=O)cc2o1. The highest BCUT2D eigenvalue weighted by Gasteiger charge is 2.30. The van der Waals surface area contributed by atoms with Gasteiger partial charge in [0.25, 0.3) is 11.8 Å². The largest absolute Gasteiger partial charge is 0.436 e. The van der Waals surface area contributed by atoms with Crippen molar-refractivity contribution >= 4 is 28.6 Å². The fourth-order valence-electron chi connectivity index (χ4n) is 3.00. The number of amides is 2. The number of rotatable bonds is 5. The van der Waals surface area contributed by atoms with Gasteiger partial charge in [-0.3, -0.25) is 14.5 Å². The summed E-state index contributed by atoms with van der Waals surface area (Å²) in [5.74, 6) is -0.382. The summed E-state index contributed by atoms with van der Waals surface area (Å²) < 4.78 is 5.88. The van der Waals surface area contributed by atoms with E-state index in [1.807, 2.05) is 31.2 Å². The molecule has 0 aliphatic carbocycles. The summed E-state index contributed by atoms with van der Waals surface area (Å²) >= 11 is 0. The number of aryl methyl sites for hydroxylation is 1. The number of aliphatic hydroxyl groups excluding tert-OH is 1. The zero-order valence-electron chi connectivity index (χ0n) is 14.6. The van der Waals surface area contributed by atoms with Crippen molar-refractivity contribution in [3.05, 3.63) is 59.8 Å². The van der Waals surface area contributed by atoms with Crippen LogP contribution in [0.3, 0.4) is 0 Å². The molecular formula is C20H17N3O4. The molecule has 0 radical (unpaired) electrons. The van der Waals surface area contributed by atoms with Gasteiger partial charge in [-0.05, 0) is 30.7 Å². The molecule has 2 aromatic carbocycles. The van der Waals surface area contributed by atoms with Crippen LogP contribution in [-0.2, 0) is 9.59 Å². The third-order valence-corrected chi connectivity index (χ3v) is 4.38. The van der Waals surface area contributed by atoms with Crippen molar-refractivity contribution in [3.63, 3.8) is 0 Å². The topological polar surface area (TPSA) is 95.7 Å². The van der Waals surface area contributed by atoms with Crippen LogP contribution < -0.4 is 5.32 Å². The van der Waals surface area contributed by atoms with Crippen LogP contribution in [0.25, 0.3) is 22.6 Å². The Balaban J connectivity index is 1.61. The minimum Gasteiger partial charge on any atom is -0.436 e. The highest BCUT2D eigenvalue weighted by atomic mass is 16.3. The lowest BCUT2D eigenvalue weighted by Gasteiger charge is -2.13. The molecule has 0 atom stereocenters. The summed E-state index contributed by atoms with van der Waals surface area (Å²) in [7, 11) is 0. The van der Waals surface area contributed by atoms with Crippen molar-refractivity contribution in [2.45, 2.75) is 6.92 Å². The van der Waals surface area contributed by atoms with Gasteiger partial charge in [0, 0.05) is 23.4 Å². The van der Waals surface area contributed by atoms with Crippen LogP contribution in [0, 0.1) is 6.92 Å². The van der Waals surface area contributed by atoms with Crippen molar-refractivity contribution in [1.82, 2.24) is 9.88 Å². The molecule has 7 heteroatoms. The van der Waals surface area contributed by atoms with Gasteiger partial charge in [-0.1, -0.05) is 18.2 Å². The van der Waals surface area contributed by atoms with Crippen LogP contribution in [0.15, 0.2) is 58.7 Å². The number of carbonyl (C=O) groups is 2. The molecule has 4 rings (SSSR count). The lowest BCUT2D eigenvalue weighted by Crippen LogP contribution is -2.34. The first-order valence-corrected chi connectivity index (χ1v) is 8.49. The lowest BCUT2D eigenvalue weighted by molar-refractivity contribution is -0.137. The van der Waals surface area contributed by atoms with E-state index in [1.165, 1.54) is 6.08 Å². The molecule has 0 saturated heterocycles. The zero-order valence-corrected chi connectivity index (χ0v) is 14.6. The maximum Gasteiger partial charge on any atom is 0.277 e. The second kappa shape index (κ2) is 6.69. The van der Waals surface area contributed by atoms with Gasteiger partial charge in [0.1, 0.15) is 11.2 Å². The molecular weight excluding hydrogens is 346 g/mol. The number of hydrogen-bond acceptors (Lipinski definition) is 6. The summed E-state index contributed by atoms with van der Waals surface area (Å²) in [5.41, 5.74) is 4.01. The number of aliphatic hydroxyl groups is 1. The van der Waals surface area contributed by atoms with Crippen LogP contribution in [0.4, 0.5) is 5.69 Å². The van der Waals surface area contributed by atoms with Crippen molar-refractivity contribution in [3.8, 4) is 11.5 Å². The van der Waals surface area contributed by atoms with Gasteiger partial charge < -0.3 is 14.8 Å². The number of oxazole rings is 1. The summed E-state index contributed by atoms with van der Waals surface area (Å²) in [5, 5.41) is 11.9. The van der Waals surface area contributed by atoms with E-state index in [0.29, 0.717) is 22.7 Å². The number of aromatic nitrogens is 1. The van der Waals surface area contributed by atoms with Crippen LogP contribution in [-0.4, -0.2) is 40.0 Å². The smallest absolute Gasteiger partial charge is 0.277 e. The number of anilines is 1. The number of hydrogen-bond donors (Lipinski definition) is 2. The van der Waals surface area contributed by atoms with Crippen LogP contribution in [0.2, 0.25) is 0 Å². The number of benzene rings is 2. The Labute approximate surface area is 154 Å². The van der Waals surface area contributed by atoms with E-state index in [4.69, 9.17) is 9.52 Å². The Morgan fingerprint density at radius 3 is 2.78 bits per heavy atom. The third kappa shape index (κ3) is 3.09. The van der Waals surface area contributed by atoms with Crippen molar-refractivity contribution < 1.29 is 19.1 Å². The Morgan fingerprint density at radius 2 is 2.00 bits per heavy atom. The molecule has 0 spiro atoms. The Kier molecular flexibility index (Phi) is 4.21. The molecule has 0 unspecified atom stereocenters. The first-order valence-electron chi connectivity index (χ1n) is 8.49. The second-order valence-corrected chi connectivity index (χ2v) is 6.22. The predicted molar refractivity (Wildman–Crippen MR) is 99.7 cm³/mol. The third-order valence-electron chi connectivity index (χ3n) is 4.38. The highest BCUT2D eigenvalue weighted by Crippen LogP contribution is 2.29. The minimum atomic E-state index is -0.465. The maximum absolute atomic E-state index is 12.2. The Bertz CT molecular complexity index is 1080. The Morgan fingerprint density at radius 1 is 1.19 bits per heavy atom. The van der Waals surface area contributed by atoms with Crippen molar-refractivity contribution in [1.29, 1.82) is 0 Å². The normalized spacial score (nSPS) is 14.1. The predicted octanol–water partition coefficient (Wildman–Crippen LogP) is 2.46. The number of fused-ring (bicyclic) bond motifs is 1. The van der Waals surface area contributed by atoms with Gasteiger partial charge >= 0.3 is 0 Å². The zero-order chi connectivity index (χ0) is 19.0. The number of β-amino-alcohol motifs (C(OH)–C–C–N with tert-alkyl or cyclic N) is 1. The molecule has 0 saturated carbocycles. The van der Waals surface area contributed by atoms with Gasteiger partial charge in [0.15, 0.2) is 5.58 Å². The standard InChI is InChI=1S/C20H17N3O4/c1-12-4-2-3-5-14(12)19-22-15-7-6-13(10-17(15)27-19)21-16-11-18(25)23(8-9-24)20(16)26/h2-7,10-11,21,24H,8-9H2,1H3. The van der Waals surface area contributed by atoms with E-state index >= 15 is 0 Å². The van der Waals surface area contributed by atoms with E-state index in [-0.39, 0.29) is 18.8 Å². The summed E-state index contributed by atoms with van der Waals surface area (Å²) in [6.45, 7) is 1.69. The van der Waals surface area contributed by atoms with Crippen LogP contribution >= 0.6 is 0 Å². The number of nitrogens with one attached hydrogen (secondary N) is 1. The highest BCUT2D eigenvalue weighted by molar-refractivity contribution is 6.17. The second-order valence-electron chi connectivity index (χ2n) is 6.22. The van der Waals surface area contributed by atoms with E-state index in [2.05, 4.69) is 10.3 Å². The molecule has 0 fully saturated rings. The van der Waals surface area contributed by atoms with Gasteiger partial charge in [-0.2, -0.15) is 0 Å². The lowest BCUT2D eigenvalue weighted by atomic mass is 10.1. The number of nitrogens with zero attached hydrogens (tertiary/aromatic N) is 2. The molecule has 3 aromatic rings. The molecule has 1 aromatic heterocycles. The average Bonchev–Trinajstić information content (AvgIpc) is 3.18. The first kappa shape index (κ1) is 17.0. The van der Waals surface area contributed by atoms with E-state index < -0.39 is 11.8 Å². The molecule has 2 amide bonds. The monoisotopic (exact) mass is 363 g/mol. The minimum absolute atomic E-state index is 0.0275. The van der Waals surface area contributed by atoms with Gasteiger partial charge in [0.2, 0.25) is 5.89 Å². The van der Waals surface area contributed by atoms with E-state index in [9.17, 15) is 9.59 Å². The van der Waals surface area contributed by atoms with Crippen molar-refractivity contribution in [2.75, 3.05) is 18.5 Å². The quantitative estimate of drug-likeness (QED) is 0.676. The molecule has 2 N–H and O–H groups in total. The van der Waals surface area contributed by atoms with Crippen molar-refractivity contribution in [2.24, 2.45) is 0 Å². The fourth-order valence-corrected chi connectivity index (χ4v) is 3.00. The molecule has 7 nitrogen and oxygen atoms in total. The summed E-state index contributed by atoms with van der Waals surface area (Å²) in [6.07, 6.45) is 1.22. The van der Waals surface area contributed by atoms with Crippen LogP contribution in [0.5, 0.6) is 0 Å². The van der Waals surface area contributed by atoms with Gasteiger partial charge in [-0.25, -0.2) is 4.98 Å². The van der Waals surface area contributed by atoms with E-state index in [0.717, 1.165) is 16.0 Å². The molecule has 0 bridgehead atoms. The fraction of sp³-hybridized carbons (Fsp3) is 0.150. The maximum atomic E-state index is 12.2. The molecule has 27 heavy (non-hydrogen) atoms. The molecule has 1 aliphatic heterocycles. The Hall–Kier alpha value is -3.45. The summed E-state index contributed by atoms with van der Waals surface area (Å²) in [4.78, 5) is 29.6. The molecule has 1 aliphatic rings. The van der Waals surface area contributed by atoms with E-state index in [1.54, 1.807) is 18.2 Å². The van der Waals surface area contributed by atoms with Crippen LogP contribution in [0.1, 0.15) is 5.56 Å². The number of imide groups is 1. The summed E-state index contributed by atoms with van der Waals surface area (Å²) in [6, 6.07) is 13.1. The number of carbonyl (C=O) groups excluding carboxylic acids is 2. The molecule has 2 heterocycles.